The summed E-state index contributed by atoms with van der Waals surface area (Å²) in [5, 5.41) is 5.07. The van der Waals surface area contributed by atoms with E-state index in [0.29, 0.717) is 26.1 Å². The normalized spacial score (nSPS) is 16.0. The van der Waals surface area contributed by atoms with Gasteiger partial charge in [-0.25, -0.2) is 4.79 Å². The molecule has 5 nitrogen and oxygen atoms in total. The quantitative estimate of drug-likeness (QED) is 0.906. The minimum absolute atomic E-state index is 0.0329. The van der Waals surface area contributed by atoms with E-state index in [0.717, 1.165) is 25.8 Å². The van der Waals surface area contributed by atoms with Gasteiger partial charge in [0.2, 0.25) is 5.91 Å². The van der Waals surface area contributed by atoms with Crippen LogP contribution >= 0.6 is 11.3 Å². The number of thiophene rings is 1. The first-order chi connectivity index (χ1) is 11.3. The molecule has 1 aromatic heterocycles. The topological polar surface area (TPSA) is 52.7 Å². The van der Waals surface area contributed by atoms with Gasteiger partial charge in [-0.1, -0.05) is 6.07 Å². The first-order valence-electron chi connectivity index (χ1n) is 8.72. The molecule has 6 heteroatoms. The molecule has 1 saturated heterocycles. The fraction of sp³-hybridized carbons (Fsp3) is 0.667. The third-order valence-corrected chi connectivity index (χ3v) is 4.95. The van der Waals surface area contributed by atoms with Crippen LogP contribution in [0.25, 0.3) is 0 Å². The number of hydrogen-bond donors (Lipinski definition) is 1. The number of hydrogen-bond acceptors (Lipinski definition) is 3. The lowest BCUT2D eigenvalue weighted by atomic mass is 10.1. The van der Waals surface area contributed by atoms with Gasteiger partial charge in [0.1, 0.15) is 0 Å². The summed E-state index contributed by atoms with van der Waals surface area (Å²) in [6, 6.07) is 4.13. The van der Waals surface area contributed by atoms with E-state index in [1.54, 1.807) is 11.3 Å². The highest BCUT2D eigenvalue weighted by Gasteiger charge is 2.24. The molecular weight excluding hydrogens is 322 g/mol. The Morgan fingerprint density at radius 2 is 1.88 bits per heavy atom. The van der Waals surface area contributed by atoms with Crippen LogP contribution in [0.15, 0.2) is 17.5 Å². The average molecular weight is 352 g/mol. The molecule has 134 valence electrons. The van der Waals surface area contributed by atoms with Crippen LogP contribution in [0.2, 0.25) is 0 Å². The molecule has 1 aliphatic heterocycles. The van der Waals surface area contributed by atoms with Crippen molar-refractivity contribution in [1.82, 2.24) is 15.1 Å². The fourth-order valence-electron chi connectivity index (χ4n) is 2.80. The maximum atomic E-state index is 12.4. The van der Waals surface area contributed by atoms with Crippen molar-refractivity contribution in [3.63, 3.8) is 0 Å². The van der Waals surface area contributed by atoms with E-state index < -0.39 is 0 Å². The van der Waals surface area contributed by atoms with Gasteiger partial charge >= 0.3 is 6.03 Å². The van der Waals surface area contributed by atoms with Gasteiger partial charge in [0.15, 0.2) is 0 Å². The van der Waals surface area contributed by atoms with Crippen molar-refractivity contribution in [3.05, 3.63) is 22.4 Å². The predicted molar refractivity (Wildman–Crippen MR) is 98.3 cm³/mol. The molecule has 0 bridgehead atoms. The number of carbonyl (C=O) groups excluding carboxylic acids is 2. The summed E-state index contributed by atoms with van der Waals surface area (Å²) in [5.41, 5.74) is -0.235. The highest BCUT2D eigenvalue weighted by Crippen LogP contribution is 2.13. The summed E-state index contributed by atoms with van der Waals surface area (Å²) in [5.74, 6) is 0.213. The molecule has 1 fully saturated rings. The zero-order valence-corrected chi connectivity index (χ0v) is 15.8. The smallest absolute Gasteiger partial charge is 0.317 e. The first-order valence-corrected chi connectivity index (χ1v) is 9.60. The van der Waals surface area contributed by atoms with Crippen molar-refractivity contribution in [2.24, 2.45) is 0 Å². The molecule has 0 aromatic carbocycles. The zero-order valence-electron chi connectivity index (χ0n) is 15.0. The van der Waals surface area contributed by atoms with Gasteiger partial charge in [-0.05, 0) is 51.5 Å². The van der Waals surface area contributed by atoms with Crippen molar-refractivity contribution in [3.8, 4) is 0 Å². The molecule has 3 amide bonds. The Hall–Kier alpha value is -1.56. The van der Waals surface area contributed by atoms with Crippen molar-refractivity contribution < 1.29 is 9.59 Å². The van der Waals surface area contributed by atoms with Crippen molar-refractivity contribution >= 4 is 23.3 Å². The number of nitrogens with one attached hydrogen (secondary N) is 1. The third-order valence-electron chi connectivity index (χ3n) is 4.01. The molecule has 2 heterocycles. The van der Waals surface area contributed by atoms with Crippen LogP contribution in [0.3, 0.4) is 0 Å². The van der Waals surface area contributed by atoms with Gasteiger partial charge in [-0.3, -0.25) is 4.79 Å². The minimum Gasteiger partial charge on any atom is -0.341 e. The summed E-state index contributed by atoms with van der Waals surface area (Å²) in [4.78, 5) is 29.7. The largest absolute Gasteiger partial charge is 0.341 e. The van der Waals surface area contributed by atoms with Crippen LogP contribution in [0.5, 0.6) is 0 Å². The monoisotopic (exact) mass is 351 g/mol. The molecule has 0 spiro atoms. The van der Waals surface area contributed by atoms with E-state index in [4.69, 9.17) is 0 Å². The lowest BCUT2D eigenvalue weighted by Gasteiger charge is -2.27. The average Bonchev–Trinajstić information content (AvgIpc) is 2.87. The maximum Gasteiger partial charge on any atom is 0.317 e. The molecular formula is C18H29N3O2S. The number of nitrogens with zero attached hydrogens (tertiary/aromatic N) is 2. The highest BCUT2D eigenvalue weighted by molar-refractivity contribution is 7.09. The van der Waals surface area contributed by atoms with Gasteiger partial charge in [0.25, 0.3) is 0 Å². The summed E-state index contributed by atoms with van der Waals surface area (Å²) >= 11 is 1.75. The maximum absolute atomic E-state index is 12.4. The van der Waals surface area contributed by atoms with E-state index in [1.165, 1.54) is 4.88 Å². The minimum atomic E-state index is -0.235. The molecule has 2 rings (SSSR count). The highest BCUT2D eigenvalue weighted by atomic mass is 32.1. The second-order valence-electron chi connectivity index (χ2n) is 7.33. The molecule has 0 radical (unpaired) electrons. The number of rotatable bonds is 4. The Morgan fingerprint density at radius 1 is 1.17 bits per heavy atom. The van der Waals surface area contributed by atoms with Gasteiger partial charge in [0, 0.05) is 43.0 Å². The van der Waals surface area contributed by atoms with Crippen LogP contribution in [-0.4, -0.2) is 53.5 Å². The molecule has 0 aliphatic carbocycles. The standard InChI is InChI=1S/C18H29N3O2S/c1-18(2,3)19-17(23)21-11-6-10-20(12-13-21)16(22)9-4-7-15-8-5-14-24-15/h5,8,14H,4,6-7,9-13H2,1-3H3,(H,19,23). The third kappa shape index (κ3) is 6.15. The number of urea groups is 1. The van der Waals surface area contributed by atoms with Crippen molar-refractivity contribution in [1.29, 1.82) is 0 Å². The van der Waals surface area contributed by atoms with Crippen LogP contribution in [0.4, 0.5) is 4.79 Å². The SMILES string of the molecule is CC(C)(C)NC(=O)N1CCCN(C(=O)CCCc2cccs2)CC1. The van der Waals surface area contributed by atoms with Gasteiger partial charge in [-0.15, -0.1) is 11.3 Å². The second kappa shape index (κ2) is 8.51. The Morgan fingerprint density at radius 3 is 2.54 bits per heavy atom. The molecule has 1 aliphatic rings. The van der Waals surface area contributed by atoms with Crippen molar-refractivity contribution in [2.75, 3.05) is 26.2 Å². The Balaban J connectivity index is 1.75. The summed E-state index contributed by atoms with van der Waals surface area (Å²) in [6.45, 7) is 8.64. The molecule has 1 aromatic rings. The van der Waals surface area contributed by atoms with E-state index in [1.807, 2.05) is 36.6 Å². The Kier molecular flexibility index (Phi) is 6.66. The molecule has 24 heavy (non-hydrogen) atoms. The van der Waals surface area contributed by atoms with E-state index in [2.05, 4.69) is 16.8 Å². The molecule has 0 atom stereocenters. The molecule has 1 N–H and O–H groups in total. The first kappa shape index (κ1) is 18.8. The lowest BCUT2D eigenvalue weighted by Crippen LogP contribution is -2.49. The zero-order chi connectivity index (χ0) is 17.6. The Bertz CT molecular complexity index is 537. The van der Waals surface area contributed by atoms with Crippen LogP contribution in [-0.2, 0) is 11.2 Å². The van der Waals surface area contributed by atoms with E-state index in [-0.39, 0.29) is 17.5 Å². The molecule has 0 unspecified atom stereocenters. The fourth-order valence-corrected chi connectivity index (χ4v) is 3.55. The predicted octanol–water partition coefficient (Wildman–Crippen LogP) is 3.11. The van der Waals surface area contributed by atoms with Gasteiger partial charge in [-0.2, -0.15) is 0 Å². The van der Waals surface area contributed by atoms with Gasteiger partial charge < -0.3 is 15.1 Å². The Labute approximate surface area is 149 Å². The van der Waals surface area contributed by atoms with Crippen LogP contribution in [0, 0.1) is 0 Å². The molecule has 0 saturated carbocycles. The van der Waals surface area contributed by atoms with E-state index >= 15 is 0 Å². The van der Waals surface area contributed by atoms with Crippen molar-refractivity contribution in [2.45, 2.75) is 52.0 Å². The van der Waals surface area contributed by atoms with Gasteiger partial charge in [0.05, 0.1) is 0 Å². The summed E-state index contributed by atoms with van der Waals surface area (Å²) < 4.78 is 0. The lowest BCUT2D eigenvalue weighted by molar-refractivity contribution is -0.131. The van der Waals surface area contributed by atoms with Crippen LogP contribution < -0.4 is 5.32 Å². The number of amides is 3. The van der Waals surface area contributed by atoms with E-state index in [9.17, 15) is 9.59 Å². The number of aryl methyl sites for hydroxylation is 1. The number of carbonyl (C=O) groups is 2. The second-order valence-corrected chi connectivity index (χ2v) is 8.37. The summed E-state index contributed by atoms with van der Waals surface area (Å²) in [7, 11) is 0. The summed E-state index contributed by atoms with van der Waals surface area (Å²) in [6.07, 6.45) is 3.29. The van der Waals surface area contributed by atoms with Crippen LogP contribution in [0.1, 0.15) is 44.9 Å².